The summed E-state index contributed by atoms with van der Waals surface area (Å²) in [6, 6.07) is 0.573. The fourth-order valence-corrected chi connectivity index (χ4v) is 2.91. The molecule has 0 aromatic carbocycles. The summed E-state index contributed by atoms with van der Waals surface area (Å²) in [5.41, 5.74) is 6.69. The molecular weight excluding hydrogens is 266 g/mol. The van der Waals surface area contributed by atoms with Crippen LogP contribution in [0.1, 0.15) is 33.6 Å². The molecule has 6 heteroatoms. The molecule has 118 valence electrons. The number of anilines is 2. The van der Waals surface area contributed by atoms with Gasteiger partial charge in [0, 0.05) is 19.6 Å². The van der Waals surface area contributed by atoms with Crippen molar-refractivity contribution in [1.82, 2.24) is 14.9 Å². The summed E-state index contributed by atoms with van der Waals surface area (Å²) in [5.74, 6) is 1.23. The normalized spacial score (nSPS) is 19.2. The molecule has 1 aromatic heterocycles. The van der Waals surface area contributed by atoms with E-state index in [1.807, 2.05) is 20.9 Å². The van der Waals surface area contributed by atoms with Crippen molar-refractivity contribution in [3.63, 3.8) is 0 Å². The Morgan fingerprint density at radius 2 is 2.24 bits per heavy atom. The van der Waals surface area contributed by atoms with E-state index in [9.17, 15) is 0 Å². The first kappa shape index (κ1) is 15.8. The van der Waals surface area contributed by atoms with E-state index in [1.54, 1.807) is 0 Å². The number of hydrogen-bond donors (Lipinski definition) is 1. The van der Waals surface area contributed by atoms with Gasteiger partial charge in [0.25, 0.3) is 0 Å². The average molecular weight is 293 g/mol. The molecule has 1 unspecified atom stereocenters. The Labute approximate surface area is 127 Å². The smallest absolute Gasteiger partial charge is 0.242 e. The number of ether oxygens (including phenoxy) is 1. The van der Waals surface area contributed by atoms with Crippen LogP contribution in [0.4, 0.5) is 11.5 Å². The minimum atomic E-state index is 0.0470. The molecular formula is C15H27N5O. The quantitative estimate of drug-likeness (QED) is 0.862. The van der Waals surface area contributed by atoms with Crippen molar-refractivity contribution in [1.29, 1.82) is 0 Å². The Bertz CT molecular complexity index is 465. The molecule has 1 aromatic rings. The van der Waals surface area contributed by atoms with Gasteiger partial charge in [-0.3, -0.25) is 4.90 Å². The fraction of sp³-hybridized carbons (Fsp3) is 0.733. The van der Waals surface area contributed by atoms with Crippen molar-refractivity contribution in [2.75, 3.05) is 37.3 Å². The third-order valence-electron chi connectivity index (χ3n) is 3.93. The molecule has 21 heavy (non-hydrogen) atoms. The maximum absolute atomic E-state index is 6.17. The monoisotopic (exact) mass is 293 g/mol. The van der Waals surface area contributed by atoms with Crippen molar-refractivity contribution in [3.05, 3.63) is 6.33 Å². The summed E-state index contributed by atoms with van der Waals surface area (Å²) in [5, 5.41) is 0. The highest BCUT2D eigenvalue weighted by molar-refractivity contribution is 5.67. The number of nitrogen functional groups attached to an aromatic ring is 1. The van der Waals surface area contributed by atoms with E-state index in [2.05, 4.69) is 26.7 Å². The maximum atomic E-state index is 6.17. The van der Waals surface area contributed by atoms with E-state index in [-0.39, 0.29) is 6.10 Å². The summed E-state index contributed by atoms with van der Waals surface area (Å²) in [7, 11) is 2.03. The molecule has 0 spiro atoms. The molecule has 1 saturated heterocycles. The highest BCUT2D eigenvalue weighted by Crippen LogP contribution is 2.29. The third kappa shape index (κ3) is 3.75. The molecule has 2 rings (SSSR count). The number of nitrogens with two attached hydrogens (primary N) is 1. The molecule has 0 bridgehead atoms. The molecule has 0 aliphatic carbocycles. The van der Waals surface area contributed by atoms with Crippen LogP contribution in [0.2, 0.25) is 0 Å². The highest BCUT2D eigenvalue weighted by atomic mass is 16.5. The van der Waals surface area contributed by atoms with Gasteiger partial charge in [-0.15, -0.1) is 0 Å². The van der Waals surface area contributed by atoms with Gasteiger partial charge in [-0.1, -0.05) is 6.92 Å². The van der Waals surface area contributed by atoms with Crippen molar-refractivity contribution in [3.8, 4) is 5.88 Å². The van der Waals surface area contributed by atoms with Gasteiger partial charge in [0.05, 0.1) is 6.10 Å². The van der Waals surface area contributed by atoms with E-state index in [0.717, 1.165) is 18.9 Å². The van der Waals surface area contributed by atoms with E-state index < -0.39 is 0 Å². The van der Waals surface area contributed by atoms with Gasteiger partial charge in [0.1, 0.15) is 12.0 Å². The molecule has 1 fully saturated rings. The van der Waals surface area contributed by atoms with Gasteiger partial charge in [0.15, 0.2) is 5.82 Å². The minimum Gasteiger partial charge on any atom is -0.473 e. The predicted molar refractivity (Wildman–Crippen MR) is 85.7 cm³/mol. The second-order valence-corrected chi connectivity index (χ2v) is 5.89. The van der Waals surface area contributed by atoms with E-state index in [1.165, 1.54) is 25.7 Å². The highest BCUT2D eigenvalue weighted by Gasteiger charge is 2.25. The lowest BCUT2D eigenvalue weighted by Gasteiger charge is -2.29. The maximum Gasteiger partial charge on any atom is 0.242 e. The number of aromatic nitrogens is 2. The molecule has 0 radical (unpaired) electrons. The van der Waals surface area contributed by atoms with Crippen LogP contribution in [0.3, 0.4) is 0 Å². The molecule has 0 saturated carbocycles. The van der Waals surface area contributed by atoms with Crippen molar-refractivity contribution >= 4 is 11.5 Å². The zero-order valence-electron chi connectivity index (χ0n) is 13.5. The number of nitrogens with zero attached hydrogens (tertiary/aromatic N) is 4. The van der Waals surface area contributed by atoms with Crippen LogP contribution in [-0.4, -0.2) is 53.7 Å². The molecule has 1 aliphatic heterocycles. The van der Waals surface area contributed by atoms with E-state index >= 15 is 0 Å². The Morgan fingerprint density at radius 3 is 2.90 bits per heavy atom. The van der Waals surface area contributed by atoms with Gasteiger partial charge in [-0.2, -0.15) is 4.98 Å². The Morgan fingerprint density at radius 1 is 1.48 bits per heavy atom. The molecule has 2 heterocycles. The molecule has 1 atom stereocenters. The van der Waals surface area contributed by atoms with Crippen molar-refractivity contribution < 1.29 is 4.74 Å². The van der Waals surface area contributed by atoms with E-state index in [4.69, 9.17) is 10.5 Å². The SMILES string of the molecule is CCN1CCCC1CN(C)c1ncnc(OC(C)C)c1N. The van der Waals surface area contributed by atoms with Gasteiger partial charge in [0.2, 0.25) is 5.88 Å². The van der Waals surface area contributed by atoms with Crippen LogP contribution >= 0.6 is 0 Å². The fourth-order valence-electron chi connectivity index (χ4n) is 2.91. The first-order valence-corrected chi connectivity index (χ1v) is 7.75. The lowest BCUT2D eigenvalue weighted by atomic mass is 10.2. The number of hydrogen-bond acceptors (Lipinski definition) is 6. The number of rotatable bonds is 6. The van der Waals surface area contributed by atoms with Crippen LogP contribution < -0.4 is 15.4 Å². The second-order valence-electron chi connectivity index (χ2n) is 5.89. The van der Waals surface area contributed by atoms with Crippen LogP contribution in [-0.2, 0) is 0 Å². The first-order chi connectivity index (χ1) is 10.0. The predicted octanol–water partition coefficient (Wildman–Crippen LogP) is 1.77. The van der Waals surface area contributed by atoms with Gasteiger partial charge < -0.3 is 15.4 Å². The van der Waals surface area contributed by atoms with Crippen LogP contribution in [0.25, 0.3) is 0 Å². The topological polar surface area (TPSA) is 67.5 Å². The van der Waals surface area contributed by atoms with Crippen molar-refractivity contribution in [2.24, 2.45) is 0 Å². The van der Waals surface area contributed by atoms with Gasteiger partial charge in [-0.05, 0) is 39.8 Å². The third-order valence-corrected chi connectivity index (χ3v) is 3.93. The second kappa shape index (κ2) is 6.93. The van der Waals surface area contributed by atoms with E-state index in [0.29, 0.717) is 17.6 Å². The zero-order valence-corrected chi connectivity index (χ0v) is 13.5. The average Bonchev–Trinajstić information content (AvgIpc) is 2.87. The standard InChI is InChI=1S/C15H27N5O/c1-5-20-8-6-7-12(20)9-19(4)14-13(16)15(18-10-17-14)21-11(2)3/h10-12H,5-9,16H2,1-4H3. The summed E-state index contributed by atoms with van der Waals surface area (Å²) in [4.78, 5) is 13.1. The van der Waals surface area contributed by atoms with Gasteiger partial charge >= 0.3 is 0 Å². The summed E-state index contributed by atoms with van der Waals surface area (Å²) >= 11 is 0. The van der Waals surface area contributed by atoms with Crippen molar-refractivity contribution in [2.45, 2.75) is 45.8 Å². The minimum absolute atomic E-state index is 0.0470. The van der Waals surface area contributed by atoms with Gasteiger partial charge in [-0.25, -0.2) is 4.98 Å². The summed E-state index contributed by atoms with van der Waals surface area (Å²) in [6.45, 7) is 9.35. The molecule has 6 nitrogen and oxygen atoms in total. The first-order valence-electron chi connectivity index (χ1n) is 7.75. The van der Waals surface area contributed by atoms with Crippen LogP contribution in [0.15, 0.2) is 6.33 Å². The number of likely N-dealkylation sites (tertiary alicyclic amines) is 1. The zero-order chi connectivity index (χ0) is 15.4. The molecule has 0 amide bonds. The lowest BCUT2D eigenvalue weighted by molar-refractivity contribution is 0.233. The Kier molecular flexibility index (Phi) is 5.22. The molecule has 1 aliphatic rings. The lowest BCUT2D eigenvalue weighted by Crippen LogP contribution is -2.39. The Balaban J connectivity index is 2.10. The molecule has 2 N–H and O–H groups in total. The van der Waals surface area contributed by atoms with Crippen LogP contribution in [0, 0.1) is 0 Å². The Hall–Kier alpha value is -1.56. The van der Waals surface area contributed by atoms with Crippen LogP contribution in [0.5, 0.6) is 5.88 Å². The summed E-state index contributed by atoms with van der Waals surface area (Å²) in [6.07, 6.45) is 4.07. The largest absolute Gasteiger partial charge is 0.473 e. The number of likely N-dealkylation sites (N-methyl/N-ethyl adjacent to an activating group) is 2. The summed E-state index contributed by atoms with van der Waals surface area (Å²) < 4.78 is 5.63.